The molecule has 32 heavy (non-hydrogen) atoms. The molecule has 0 saturated carbocycles. The predicted molar refractivity (Wildman–Crippen MR) is 113 cm³/mol. The van der Waals surface area contributed by atoms with Crippen molar-refractivity contribution in [3.63, 3.8) is 0 Å². The first-order valence-corrected chi connectivity index (χ1v) is 11.2. The molecule has 0 bridgehead atoms. The number of carboxylic acids is 1. The van der Waals surface area contributed by atoms with Crippen LogP contribution in [0.4, 0.5) is 19.0 Å². The summed E-state index contributed by atoms with van der Waals surface area (Å²) >= 11 is 6.14. The zero-order chi connectivity index (χ0) is 23.7. The van der Waals surface area contributed by atoms with Crippen molar-refractivity contribution < 1.29 is 31.5 Å². The van der Waals surface area contributed by atoms with Crippen LogP contribution in [0.3, 0.4) is 0 Å². The smallest absolute Gasteiger partial charge is 0.417 e. The van der Waals surface area contributed by atoms with Gasteiger partial charge in [0.25, 0.3) is 10.0 Å². The van der Waals surface area contributed by atoms with E-state index in [1.165, 1.54) is 0 Å². The fourth-order valence-corrected chi connectivity index (χ4v) is 5.49. The molecule has 0 spiro atoms. The van der Waals surface area contributed by atoms with Gasteiger partial charge in [-0.3, -0.25) is 0 Å². The number of hydrogen-bond donors (Lipinski definition) is 1. The average Bonchev–Trinajstić information content (AvgIpc) is 2.75. The van der Waals surface area contributed by atoms with Crippen LogP contribution in [0.5, 0.6) is 0 Å². The standard InChI is InChI=1S/C21H18ClF3N2O4S/c1-2-20(10-4-3-5-11-20)27(18-17(22)12-15(13-26-18)21(23,24)25)32(30,31)16-8-6-14(7-9-16)19(28)29/h3-10,12-13H,2,11H2,1H3,(H,28,29)/t20-/m1/s1. The number of benzene rings is 1. The SMILES string of the molecule is CC[C@@]1(N(c2ncc(C(F)(F)F)cc2Cl)S(=O)(=O)c2ccc(C(=O)O)cc2)C=CC=CC1. The fourth-order valence-electron chi connectivity index (χ4n) is 3.38. The van der Waals surface area contributed by atoms with Crippen molar-refractivity contribution in [3.8, 4) is 0 Å². The summed E-state index contributed by atoms with van der Waals surface area (Å²) < 4.78 is 67.6. The number of nitrogens with zero attached hydrogens (tertiary/aromatic N) is 2. The summed E-state index contributed by atoms with van der Waals surface area (Å²) in [6.45, 7) is 1.73. The Bertz CT molecular complexity index is 1190. The number of aromatic carboxylic acids is 1. The molecule has 0 aliphatic heterocycles. The van der Waals surface area contributed by atoms with Gasteiger partial charge in [-0.25, -0.2) is 22.5 Å². The van der Waals surface area contributed by atoms with E-state index in [0.29, 0.717) is 12.3 Å². The topological polar surface area (TPSA) is 87.6 Å². The number of alkyl halides is 3. The number of halogens is 4. The zero-order valence-corrected chi connectivity index (χ0v) is 18.2. The van der Waals surface area contributed by atoms with Gasteiger partial charge in [0.1, 0.15) is 0 Å². The van der Waals surface area contributed by atoms with E-state index in [1.807, 2.05) is 0 Å². The maximum atomic E-state index is 13.7. The van der Waals surface area contributed by atoms with Gasteiger partial charge >= 0.3 is 12.1 Å². The lowest BCUT2D eigenvalue weighted by molar-refractivity contribution is -0.137. The minimum absolute atomic E-state index is 0.119. The van der Waals surface area contributed by atoms with E-state index in [4.69, 9.17) is 16.7 Å². The summed E-state index contributed by atoms with van der Waals surface area (Å²) in [7, 11) is -4.41. The number of sulfonamides is 1. The summed E-state index contributed by atoms with van der Waals surface area (Å²) in [5.41, 5.74) is -2.42. The summed E-state index contributed by atoms with van der Waals surface area (Å²) in [5.74, 6) is -1.59. The molecule has 1 aromatic carbocycles. The van der Waals surface area contributed by atoms with Crippen LogP contribution in [0.2, 0.25) is 5.02 Å². The van der Waals surface area contributed by atoms with Gasteiger partial charge in [-0.1, -0.05) is 42.8 Å². The summed E-state index contributed by atoms with van der Waals surface area (Å²) in [6.07, 6.45) is 3.04. The molecule has 0 radical (unpaired) electrons. The van der Waals surface area contributed by atoms with Crippen LogP contribution in [-0.4, -0.2) is 30.0 Å². The molecular formula is C21H18ClF3N2O4S. The molecule has 1 N–H and O–H groups in total. The second kappa shape index (κ2) is 8.59. The monoisotopic (exact) mass is 486 g/mol. The Labute approximate surface area is 187 Å². The molecule has 1 atom stereocenters. The van der Waals surface area contributed by atoms with Crippen LogP contribution in [0.15, 0.2) is 65.7 Å². The van der Waals surface area contributed by atoms with Crippen molar-refractivity contribution in [2.45, 2.75) is 36.4 Å². The van der Waals surface area contributed by atoms with Crippen molar-refractivity contribution in [1.29, 1.82) is 0 Å². The van der Waals surface area contributed by atoms with Gasteiger partial charge in [-0.05, 0) is 43.2 Å². The lowest BCUT2D eigenvalue weighted by Crippen LogP contribution is -2.51. The number of aromatic nitrogens is 1. The third-order valence-electron chi connectivity index (χ3n) is 5.12. The predicted octanol–water partition coefficient (Wildman–Crippen LogP) is 5.31. The van der Waals surface area contributed by atoms with Gasteiger partial charge in [-0.2, -0.15) is 13.2 Å². The van der Waals surface area contributed by atoms with E-state index in [1.54, 1.807) is 31.2 Å². The Balaban J connectivity index is 2.23. The zero-order valence-electron chi connectivity index (χ0n) is 16.7. The van der Waals surface area contributed by atoms with Crippen LogP contribution in [0.25, 0.3) is 0 Å². The van der Waals surface area contributed by atoms with E-state index in [0.717, 1.165) is 28.6 Å². The van der Waals surface area contributed by atoms with Crippen molar-refractivity contribution in [3.05, 3.63) is 77.0 Å². The van der Waals surface area contributed by atoms with Crippen LogP contribution >= 0.6 is 11.6 Å². The van der Waals surface area contributed by atoms with Gasteiger partial charge in [-0.15, -0.1) is 0 Å². The van der Waals surface area contributed by atoms with Crippen LogP contribution in [0, 0.1) is 0 Å². The first-order chi connectivity index (χ1) is 14.9. The maximum absolute atomic E-state index is 13.7. The Hall–Kier alpha value is -2.85. The highest BCUT2D eigenvalue weighted by atomic mass is 35.5. The normalized spacial score (nSPS) is 18.5. The van der Waals surface area contributed by atoms with Gasteiger partial charge in [0, 0.05) is 6.20 Å². The third kappa shape index (κ3) is 4.37. The lowest BCUT2D eigenvalue weighted by Gasteiger charge is -2.42. The van der Waals surface area contributed by atoms with E-state index in [-0.39, 0.29) is 29.1 Å². The quantitative estimate of drug-likeness (QED) is 0.597. The first-order valence-electron chi connectivity index (χ1n) is 9.38. The minimum Gasteiger partial charge on any atom is -0.478 e. The van der Waals surface area contributed by atoms with Gasteiger partial charge < -0.3 is 5.11 Å². The minimum atomic E-state index is -4.71. The first kappa shape index (κ1) is 23.8. The number of hydrogen-bond acceptors (Lipinski definition) is 4. The van der Waals surface area contributed by atoms with E-state index in [9.17, 15) is 26.4 Å². The molecule has 1 heterocycles. The molecule has 0 saturated heterocycles. The van der Waals surface area contributed by atoms with Gasteiger partial charge in [0.2, 0.25) is 0 Å². The van der Waals surface area contributed by atoms with Crippen molar-refractivity contribution in [2.75, 3.05) is 4.31 Å². The summed E-state index contributed by atoms with van der Waals surface area (Å²) in [6, 6.07) is 5.13. The Kier molecular flexibility index (Phi) is 6.39. The lowest BCUT2D eigenvalue weighted by atomic mass is 9.88. The molecule has 0 unspecified atom stereocenters. The van der Waals surface area contributed by atoms with Crippen molar-refractivity contribution in [1.82, 2.24) is 4.98 Å². The molecule has 0 fully saturated rings. The summed E-state index contributed by atoms with van der Waals surface area (Å²) in [5, 5.41) is 8.60. The molecule has 2 aromatic rings. The Morgan fingerprint density at radius 3 is 2.38 bits per heavy atom. The third-order valence-corrected chi connectivity index (χ3v) is 7.29. The molecule has 1 aromatic heterocycles. The molecule has 170 valence electrons. The molecule has 6 nitrogen and oxygen atoms in total. The maximum Gasteiger partial charge on any atom is 0.417 e. The Morgan fingerprint density at radius 2 is 1.91 bits per heavy atom. The molecular weight excluding hydrogens is 469 g/mol. The van der Waals surface area contributed by atoms with Crippen LogP contribution < -0.4 is 4.31 Å². The Morgan fingerprint density at radius 1 is 1.25 bits per heavy atom. The summed E-state index contributed by atoms with van der Waals surface area (Å²) in [4.78, 5) is 14.7. The highest BCUT2D eigenvalue weighted by Crippen LogP contribution is 2.42. The molecule has 3 rings (SSSR count). The highest BCUT2D eigenvalue weighted by Gasteiger charge is 2.44. The molecule has 1 aliphatic carbocycles. The number of rotatable bonds is 6. The molecule has 0 amide bonds. The molecule has 1 aliphatic rings. The number of pyridine rings is 1. The number of anilines is 1. The van der Waals surface area contributed by atoms with E-state index >= 15 is 0 Å². The number of carboxylic acid groups (broad SMARTS) is 1. The largest absolute Gasteiger partial charge is 0.478 e. The van der Waals surface area contributed by atoms with E-state index < -0.39 is 38.3 Å². The highest BCUT2D eigenvalue weighted by molar-refractivity contribution is 7.93. The van der Waals surface area contributed by atoms with Gasteiger partial charge in [0.05, 0.1) is 26.6 Å². The number of allylic oxidation sites excluding steroid dienone is 2. The van der Waals surface area contributed by atoms with E-state index in [2.05, 4.69) is 4.98 Å². The van der Waals surface area contributed by atoms with Crippen LogP contribution in [-0.2, 0) is 16.2 Å². The second-order valence-electron chi connectivity index (χ2n) is 7.07. The van der Waals surface area contributed by atoms with Crippen LogP contribution in [0.1, 0.15) is 35.7 Å². The van der Waals surface area contributed by atoms with Crippen molar-refractivity contribution in [2.24, 2.45) is 0 Å². The second-order valence-corrected chi connectivity index (χ2v) is 9.27. The number of carbonyl (C=O) groups is 1. The average molecular weight is 487 g/mol. The van der Waals surface area contributed by atoms with Crippen molar-refractivity contribution >= 4 is 33.4 Å². The molecule has 11 heteroatoms. The van der Waals surface area contributed by atoms with Gasteiger partial charge in [0.15, 0.2) is 5.82 Å². The fraction of sp³-hybridized carbons (Fsp3) is 0.238.